The first-order valence-corrected chi connectivity index (χ1v) is 9.81. The van der Waals surface area contributed by atoms with Gasteiger partial charge in [-0.3, -0.25) is 5.10 Å². The molecule has 0 radical (unpaired) electrons. The zero-order valence-corrected chi connectivity index (χ0v) is 17.7. The Kier molecular flexibility index (Phi) is 5.91. The summed E-state index contributed by atoms with van der Waals surface area (Å²) in [5.41, 5.74) is 7.79. The van der Waals surface area contributed by atoms with Crippen molar-refractivity contribution in [1.29, 1.82) is 0 Å². The van der Waals surface area contributed by atoms with E-state index in [4.69, 9.17) is 19.9 Å². The van der Waals surface area contributed by atoms with E-state index < -0.39 is 11.7 Å². The second-order valence-electron chi connectivity index (χ2n) is 8.39. The maximum absolute atomic E-state index is 12.0. The molecule has 0 unspecified atom stereocenters. The standard InChI is InChI=1S/C21H30N4O4/c1-12-6-9-16(18(19(12)27-5)15-11-17(22)25-24-15)28-14-8-7-13(10-14)23-20(26)29-21(2,3)4/h6,9,11,13-14H,7-8,10H2,1-5H3,(H,23,26)(H3,22,24,25)/t13-,14+/m0/s1. The Morgan fingerprint density at radius 2 is 2.07 bits per heavy atom. The number of hydrogen-bond acceptors (Lipinski definition) is 6. The van der Waals surface area contributed by atoms with Crippen LogP contribution in [0.15, 0.2) is 18.2 Å². The summed E-state index contributed by atoms with van der Waals surface area (Å²) in [5.74, 6) is 1.81. The number of alkyl carbamates (subject to hydrolysis) is 1. The number of methoxy groups -OCH3 is 1. The largest absolute Gasteiger partial charge is 0.496 e. The number of aromatic amines is 1. The van der Waals surface area contributed by atoms with Gasteiger partial charge in [-0.05, 0) is 52.2 Å². The smallest absolute Gasteiger partial charge is 0.407 e. The van der Waals surface area contributed by atoms with E-state index in [0.717, 1.165) is 29.7 Å². The fourth-order valence-corrected chi connectivity index (χ4v) is 3.58. The highest BCUT2D eigenvalue weighted by atomic mass is 16.6. The molecule has 0 bridgehead atoms. The Bertz CT molecular complexity index is 872. The van der Waals surface area contributed by atoms with Crippen LogP contribution in [0.2, 0.25) is 0 Å². The first-order valence-electron chi connectivity index (χ1n) is 9.81. The number of nitrogens with two attached hydrogens (primary N) is 1. The van der Waals surface area contributed by atoms with E-state index in [1.807, 2.05) is 39.8 Å². The summed E-state index contributed by atoms with van der Waals surface area (Å²) in [5, 5.41) is 9.90. The van der Waals surface area contributed by atoms with Crippen molar-refractivity contribution in [3.8, 4) is 22.8 Å². The second-order valence-corrected chi connectivity index (χ2v) is 8.39. The van der Waals surface area contributed by atoms with Crippen molar-refractivity contribution < 1.29 is 19.0 Å². The van der Waals surface area contributed by atoms with E-state index in [9.17, 15) is 4.79 Å². The third kappa shape index (κ3) is 5.13. The van der Waals surface area contributed by atoms with Gasteiger partial charge in [0.05, 0.1) is 18.4 Å². The number of aromatic nitrogens is 2. The summed E-state index contributed by atoms with van der Waals surface area (Å²) in [4.78, 5) is 12.0. The number of hydrogen-bond donors (Lipinski definition) is 3. The molecule has 2 atom stereocenters. The minimum Gasteiger partial charge on any atom is -0.496 e. The van der Waals surface area contributed by atoms with E-state index >= 15 is 0 Å². The molecule has 0 spiro atoms. The van der Waals surface area contributed by atoms with Crippen LogP contribution in [0.3, 0.4) is 0 Å². The number of rotatable bonds is 5. The number of nitrogens with one attached hydrogen (secondary N) is 2. The topological polar surface area (TPSA) is 111 Å². The highest BCUT2D eigenvalue weighted by Gasteiger charge is 2.30. The molecule has 1 aliphatic rings. The van der Waals surface area contributed by atoms with E-state index in [-0.39, 0.29) is 12.1 Å². The average Bonchev–Trinajstić information content (AvgIpc) is 3.23. The maximum Gasteiger partial charge on any atom is 0.407 e. The predicted molar refractivity (Wildman–Crippen MR) is 111 cm³/mol. The minimum absolute atomic E-state index is 0.0217. The van der Waals surface area contributed by atoms with Crippen LogP contribution in [0.5, 0.6) is 11.5 Å². The minimum atomic E-state index is -0.516. The molecule has 158 valence electrons. The highest BCUT2D eigenvalue weighted by molar-refractivity contribution is 5.77. The average molecular weight is 402 g/mol. The van der Waals surface area contributed by atoms with E-state index in [0.29, 0.717) is 23.7 Å². The third-order valence-electron chi connectivity index (χ3n) is 4.79. The van der Waals surface area contributed by atoms with E-state index in [1.54, 1.807) is 13.2 Å². The van der Waals surface area contributed by atoms with Gasteiger partial charge in [-0.1, -0.05) is 6.07 Å². The van der Waals surface area contributed by atoms with Crippen LogP contribution >= 0.6 is 0 Å². The molecule has 1 fully saturated rings. The molecule has 4 N–H and O–H groups in total. The van der Waals surface area contributed by atoms with Crippen LogP contribution in [0.25, 0.3) is 11.3 Å². The number of benzene rings is 1. The molecule has 8 heteroatoms. The summed E-state index contributed by atoms with van der Waals surface area (Å²) in [7, 11) is 1.63. The molecule has 0 aliphatic heterocycles. The molecule has 1 aromatic carbocycles. The number of H-pyrrole nitrogens is 1. The van der Waals surface area contributed by atoms with Crippen LogP contribution < -0.4 is 20.5 Å². The molecule has 29 heavy (non-hydrogen) atoms. The van der Waals surface area contributed by atoms with Gasteiger partial charge in [0.1, 0.15) is 29.0 Å². The van der Waals surface area contributed by atoms with Gasteiger partial charge in [-0.25, -0.2) is 4.79 Å². The zero-order valence-electron chi connectivity index (χ0n) is 17.7. The molecule has 8 nitrogen and oxygen atoms in total. The Morgan fingerprint density at radius 3 is 2.69 bits per heavy atom. The summed E-state index contributed by atoms with van der Waals surface area (Å²) in [6.45, 7) is 7.52. The molecular weight excluding hydrogens is 372 g/mol. The Hall–Kier alpha value is -2.90. The second kappa shape index (κ2) is 8.23. The first kappa shape index (κ1) is 20.8. The van der Waals surface area contributed by atoms with Crippen molar-refractivity contribution in [1.82, 2.24) is 15.5 Å². The summed E-state index contributed by atoms with van der Waals surface area (Å²) < 4.78 is 17.3. The lowest BCUT2D eigenvalue weighted by molar-refractivity contribution is 0.0503. The molecule has 1 aliphatic carbocycles. The van der Waals surface area contributed by atoms with E-state index in [2.05, 4.69) is 15.5 Å². The molecule has 3 rings (SSSR count). The number of aryl methyl sites for hydroxylation is 1. The fraction of sp³-hybridized carbons (Fsp3) is 0.524. The summed E-state index contributed by atoms with van der Waals surface area (Å²) >= 11 is 0. The molecular formula is C21H30N4O4. The van der Waals surface area contributed by atoms with Crippen molar-refractivity contribution in [3.05, 3.63) is 23.8 Å². The van der Waals surface area contributed by atoms with Gasteiger partial charge in [-0.2, -0.15) is 5.10 Å². The van der Waals surface area contributed by atoms with Gasteiger partial charge < -0.3 is 25.3 Å². The SMILES string of the molecule is COc1c(C)ccc(O[C@@H]2CC[C@H](NC(=O)OC(C)(C)C)C2)c1-c1cc(N)n[nH]1. The molecule has 1 heterocycles. The Balaban J connectivity index is 1.73. The third-order valence-corrected chi connectivity index (χ3v) is 4.79. The van der Waals surface area contributed by atoms with Crippen LogP contribution in [0.4, 0.5) is 10.6 Å². The number of anilines is 1. The molecule has 1 amide bonds. The lowest BCUT2D eigenvalue weighted by Crippen LogP contribution is -2.38. The van der Waals surface area contributed by atoms with Gasteiger partial charge in [0.15, 0.2) is 0 Å². The Labute approximate surface area is 171 Å². The maximum atomic E-state index is 12.0. The molecule has 1 saturated carbocycles. The van der Waals surface area contributed by atoms with Crippen molar-refractivity contribution in [2.24, 2.45) is 0 Å². The van der Waals surface area contributed by atoms with Crippen molar-refractivity contribution in [3.63, 3.8) is 0 Å². The highest BCUT2D eigenvalue weighted by Crippen LogP contribution is 2.41. The van der Waals surface area contributed by atoms with Crippen LogP contribution in [-0.4, -0.2) is 41.1 Å². The number of nitrogens with zero attached hydrogens (tertiary/aromatic N) is 1. The summed E-state index contributed by atoms with van der Waals surface area (Å²) in [6.07, 6.45) is 1.95. The number of amides is 1. The first-order chi connectivity index (χ1) is 13.7. The normalized spacial score (nSPS) is 19.1. The van der Waals surface area contributed by atoms with Gasteiger partial charge in [0, 0.05) is 18.5 Å². The zero-order chi connectivity index (χ0) is 21.2. The van der Waals surface area contributed by atoms with Gasteiger partial charge in [0.2, 0.25) is 0 Å². The van der Waals surface area contributed by atoms with E-state index in [1.165, 1.54) is 0 Å². The Morgan fingerprint density at radius 1 is 1.31 bits per heavy atom. The van der Waals surface area contributed by atoms with Crippen LogP contribution in [-0.2, 0) is 4.74 Å². The van der Waals surface area contributed by atoms with Crippen LogP contribution in [0.1, 0.15) is 45.6 Å². The fourth-order valence-electron chi connectivity index (χ4n) is 3.58. The molecule has 0 saturated heterocycles. The summed E-state index contributed by atoms with van der Waals surface area (Å²) in [6, 6.07) is 5.67. The number of nitrogen functional groups attached to an aromatic ring is 1. The monoisotopic (exact) mass is 402 g/mol. The predicted octanol–water partition coefficient (Wildman–Crippen LogP) is 3.80. The van der Waals surface area contributed by atoms with Crippen molar-refractivity contribution in [2.75, 3.05) is 12.8 Å². The number of carbonyl (C=O) groups excluding carboxylic acids is 1. The molecule has 2 aromatic rings. The quantitative estimate of drug-likeness (QED) is 0.701. The van der Waals surface area contributed by atoms with Crippen molar-refractivity contribution in [2.45, 2.75) is 64.7 Å². The van der Waals surface area contributed by atoms with Crippen molar-refractivity contribution >= 4 is 11.9 Å². The van der Waals surface area contributed by atoms with Gasteiger partial charge in [-0.15, -0.1) is 0 Å². The number of ether oxygens (including phenoxy) is 3. The lowest BCUT2D eigenvalue weighted by atomic mass is 10.0. The van der Waals surface area contributed by atoms with Gasteiger partial charge in [0.25, 0.3) is 0 Å². The van der Waals surface area contributed by atoms with Crippen LogP contribution in [0, 0.1) is 6.92 Å². The lowest BCUT2D eigenvalue weighted by Gasteiger charge is -2.22. The molecule has 1 aromatic heterocycles. The van der Waals surface area contributed by atoms with Gasteiger partial charge >= 0.3 is 6.09 Å². The number of carbonyl (C=O) groups is 1.